The van der Waals surface area contributed by atoms with Crippen LogP contribution in [0.1, 0.15) is 28.2 Å². The van der Waals surface area contributed by atoms with Gasteiger partial charge in [0, 0.05) is 29.6 Å². The number of thiazole rings is 1. The second-order valence-electron chi connectivity index (χ2n) is 6.45. The molecule has 27 heavy (non-hydrogen) atoms. The third-order valence-corrected chi connectivity index (χ3v) is 5.34. The Balaban J connectivity index is 1.54. The van der Waals surface area contributed by atoms with Crippen LogP contribution in [0.25, 0.3) is 11.3 Å². The van der Waals surface area contributed by atoms with E-state index < -0.39 is 0 Å². The van der Waals surface area contributed by atoms with E-state index in [4.69, 9.17) is 0 Å². The van der Waals surface area contributed by atoms with Crippen molar-refractivity contribution in [2.75, 3.05) is 16.8 Å². The van der Waals surface area contributed by atoms with Crippen molar-refractivity contribution >= 4 is 34.5 Å². The number of nitrogens with zero attached hydrogens (tertiary/aromatic N) is 2. The molecule has 0 aliphatic carbocycles. The van der Waals surface area contributed by atoms with Gasteiger partial charge in [0.1, 0.15) is 0 Å². The topological polar surface area (TPSA) is 62.3 Å². The van der Waals surface area contributed by atoms with Crippen LogP contribution in [0, 0.1) is 6.92 Å². The highest BCUT2D eigenvalue weighted by Gasteiger charge is 2.25. The predicted molar refractivity (Wildman–Crippen MR) is 108 cm³/mol. The number of amides is 2. The second kappa shape index (κ2) is 7.32. The average molecular weight is 377 g/mol. The normalized spacial score (nSPS) is 13.8. The van der Waals surface area contributed by atoms with E-state index in [1.165, 1.54) is 0 Å². The van der Waals surface area contributed by atoms with Crippen molar-refractivity contribution in [1.29, 1.82) is 0 Å². The van der Waals surface area contributed by atoms with Crippen molar-refractivity contribution in [2.45, 2.75) is 19.8 Å². The molecule has 5 nitrogen and oxygen atoms in total. The zero-order valence-electron chi connectivity index (χ0n) is 14.9. The summed E-state index contributed by atoms with van der Waals surface area (Å²) in [6.07, 6.45) is 1.36. The minimum atomic E-state index is -0.220. The molecule has 0 saturated carbocycles. The summed E-state index contributed by atoms with van der Waals surface area (Å²) >= 11 is 1.61. The van der Waals surface area contributed by atoms with Crippen molar-refractivity contribution in [3.05, 3.63) is 64.5 Å². The molecule has 2 aromatic carbocycles. The van der Waals surface area contributed by atoms with Crippen LogP contribution < -0.4 is 10.2 Å². The van der Waals surface area contributed by atoms with Crippen LogP contribution in [0.3, 0.4) is 0 Å². The lowest BCUT2D eigenvalue weighted by atomic mass is 10.1. The predicted octanol–water partition coefficient (Wildman–Crippen LogP) is 4.50. The summed E-state index contributed by atoms with van der Waals surface area (Å²) in [6.45, 7) is 2.64. The maximum Gasteiger partial charge on any atom is 0.257 e. The van der Waals surface area contributed by atoms with Gasteiger partial charge in [-0.3, -0.25) is 9.59 Å². The zero-order valence-corrected chi connectivity index (χ0v) is 15.8. The molecule has 0 spiro atoms. The number of aryl methyl sites for hydroxylation is 1. The maximum atomic E-state index is 12.8. The molecule has 1 saturated heterocycles. The van der Waals surface area contributed by atoms with Gasteiger partial charge in [0.25, 0.3) is 5.91 Å². The molecule has 0 radical (unpaired) electrons. The van der Waals surface area contributed by atoms with Crippen LogP contribution in [0.4, 0.5) is 11.4 Å². The number of carbonyl (C=O) groups is 2. The largest absolute Gasteiger partial charge is 0.322 e. The van der Waals surface area contributed by atoms with Gasteiger partial charge in [-0.25, -0.2) is 4.98 Å². The number of hydrogen-bond acceptors (Lipinski definition) is 4. The van der Waals surface area contributed by atoms with Crippen LogP contribution in [0.5, 0.6) is 0 Å². The molecular weight excluding hydrogens is 358 g/mol. The van der Waals surface area contributed by atoms with E-state index in [2.05, 4.69) is 10.3 Å². The Labute approximate surface area is 161 Å². The third kappa shape index (κ3) is 3.61. The molecule has 2 heterocycles. The van der Waals surface area contributed by atoms with E-state index in [1.807, 2.05) is 54.8 Å². The smallest absolute Gasteiger partial charge is 0.257 e. The summed E-state index contributed by atoms with van der Waals surface area (Å²) in [4.78, 5) is 31.0. The van der Waals surface area contributed by atoms with Gasteiger partial charge >= 0.3 is 0 Å². The Morgan fingerprint density at radius 2 is 1.93 bits per heavy atom. The fourth-order valence-electron chi connectivity index (χ4n) is 3.22. The molecule has 1 N–H and O–H groups in total. The first-order chi connectivity index (χ1) is 13.1. The van der Waals surface area contributed by atoms with Gasteiger partial charge in [-0.15, -0.1) is 11.3 Å². The summed E-state index contributed by atoms with van der Waals surface area (Å²) in [5, 5.41) is 5.97. The van der Waals surface area contributed by atoms with Crippen molar-refractivity contribution < 1.29 is 9.59 Å². The highest BCUT2D eigenvalue weighted by Crippen LogP contribution is 2.27. The van der Waals surface area contributed by atoms with Crippen molar-refractivity contribution in [1.82, 2.24) is 4.98 Å². The lowest BCUT2D eigenvalue weighted by Crippen LogP contribution is -2.27. The summed E-state index contributed by atoms with van der Waals surface area (Å²) in [6, 6.07) is 14.9. The van der Waals surface area contributed by atoms with Crippen LogP contribution in [-0.4, -0.2) is 23.3 Å². The van der Waals surface area contributed by atoms with E-state index in [1.54, 1.807) is 22.3 Å². The second-order valence-corrected chi connectivity index (χ2v) is 7.51. The molecule has 1 fully saturated rings. The van der Waals surface area contributed by atoms with Gasteiger partial charge in [-0.05, 0) is 37.6 Å². The van der Waals surface area contributed by atoms with Crippen LogP contribution >= 0.6 is 11.3 Å². The van der Waals surface area contributed by atoms with Gasteiger partial charge in [-0.1, -0.05) is 24.3 Å². The maximum absolute atomic E-state index is 12.8. The molecule has 0 atom stereocenters. The fraction of sp³-hybridized carbons (Fsp3) is 0.190. The quantitative estimate of drug-likeness (QED) is 0.728. The Kier molecular flexibility index (Phi) is 4.73. The third-order valence-electron chi connectivity index (χ3n) is 4.57. The van der Waals surface area contributed by atoms with Crippen LogP contribution in [0.2, 0.25) is 0 Å². The number of carbonyl (C=O) groups excluding carboxylic acids is 2. The first-order valence-corrected chi connectivity index (χ1v) is 9.73. The number of para-hydroxylation sites is 1. The molecule has 2 amide bonds. The number of anilines is 2. The highest BCUT2D eigenvalue weighted by molar-refractivity contribution is 7.09. The highest BCUT2D eigenvalue weighted by atomic mass is 32.1. The first-order valence-electron chi connectivity index (χ1n) is 8.85. The van der Waals surface area contributed by atoms with Crippen molar-refractivity contribution in [3.63, 3.8) is 0 Å². The minimum absolute atomic E-state index is 0.0677. The summed E-state index contributed by atoms with van der Waals surface area (Å²) < 4.78 is 0. The number of benzene rings is 2. The van der Waals surface area contributed by atoms with Crippen LogP contribution in [-0.2, 0) is 4.79 Å². The molecule has 0 bridgehead atoms. The number of aromatic nitrogens is 1. The molecule has 4 rings (SSSR count). The Morgan fingerprint density at radius 3 is 2.59 bits per heavy atom. The number of nitrogens with one attached hydrogen (secondary N) is 1. The molecular formula is C21H19N3O2S. The van der Waals surface area contributed by atoms with E-state index >= 15 is 0 Å². The Bertz CT molecular complexity index is 995. The summed E-state index contributed by atoms with van der Waals surface area (Å²) in [7, 11) is 0. The standard InChI is InChI=1S/C21H19N3O2S/c1-14-22-18(13-27-14)15-8-10-16(11-9-15)23-21(26)17-5-2-3-6-19(17)24-12-4-7-20(24)25/h2-3,5-6,8-11,13H,4,7,12H2,1H3,(H,23,26). The van der Waals surface area contributed by atoms with Gasteiger partial charge < -0.3 is 10.2 Å². The molecule has 1 aliphatic rings. The average Bonchev–Trinajstić information content (AvgIpc) is 3.30. The van der Waals surface area contributed by atoms with Gasteiger partial charge in [0.2, 0.25) is 5.91 Å². The van der Waals surface area contributed by atoms with Gasteiger partial charge in [-0.2, -0.15) is 0 Å². The molecule has 1 aliphatic heterocycles. The molecule has 3 aromatic rings. The molecule has 136 valence electrons. The van der Waals surface area contributed by atoms with Crippen LogP contribution in [0.15, 0.2) is 53.9 Å². The fourth-order valence-corrected chi connectivity index (χ4v) is 3.84. The molecule has 1 aromatic heterocycles. The number of rotatable bonds is 4. The van der Waals surface area contributed by atoms with E-state index in [0.29, 0.717) is 29.9 Å². The molecule has 6 heteroatoms. The lowest BCUT2D eigenvalue weighted by molar-refractivity contribution is -0.117. The minimum Gasteiger partial charge on any atom is -0.322 e. The van der Waals surface area contributed by atoms with E-state index in [-0.39, 0.29) is 11.8 Å². The van der Waals surface area contributed by atoms with Crippen molar-refractivity contribution in [3.8, 4) is 11.3 Å². The van der Waals surface area contributed by atoms with Gasteiger partial charge in [0.15, 0.2) is 0 Å². The first kappa shape index (κ1) is 17.4. The monoisotopic (exact) mass is 377 g/mol. The van der Waals surface area contributed by atoms with E-state index in [9.17, 15) is 9.59 Å². The van der Waals surface area contributed by atoms with E-state index in [0.717, 1.165) is 22.7 Å². The lowest BCUT2D eigenvalue weighted by Gasteiger charge is -2.19. The van der Waals surface area contributed by atoms with Crippen molar-refractivity contribution in [2.24, 2.45) is 0 Å². The SMILES string of the molecule is Cc1nc(-c2ccc(NC(=O)c3ccccc3N3CCCC3=O)cc2)cs1. The van der Waals surface area contributed by atoms with Gasteiger partial charge in [0.05, 0.1) is 22.0 Å². The Hall–Kier alpha value is -2.99. The number of hydrogen-bond donors (Lipinski definition) is 1. The zero-order chi connectivity index (χ0) is 18.8. The molecule has 0 unspecified atom stereocenters. The summed E-state index contributed by atoms with van der Waals surface area (Å²) in [5.74, 6) is -0.152. The Morgan fingerprint density at radius 1 is 1.15 bits per heavy atom. The summed E-state index contributed by atoms with van der Waals surface area (Å²) in [5.41, 5.74) is 3.84.